The Morgan fingerprint density at radius 3 is 2.46 bits per heavy atom. The van der Waals surface area contributed by atoms with Gasteiger partial charge in [-0.2, -0.15) is 5.10 Å². The number of carbonyl (C=O) groups excluding carboxylic acids is 1. The Morgan fingerprint density at radius 1 is 1.03 bits per heavy atom. The zero-order chi connectivity index (χ0) is 24.0. The predicted molar refractivity (Wildman–Crippen MR) is 138 cm³/mol. The molecule has 35 heavy (non-hydrogen) atoms. The summed E-state index contributed by atoms with van der Waals surface area (Å²) in [6, 6.07) is 22.3. The smallest absolute Gasteiger partial charge is 0.320 e. The molecule has 1 saturated carbocycles. The molecule has 2 amide bonds. The summed E-state index contributed by atoms with van der Waals surface area (Å²) < 4.78 is 7.15. The number of likely N-dealkylation sites (tertiary alicyclic amines) is 1. The molecule has 0 unspecified atom stereocenters. The SMILES string of the molecule is COCCN1C[C@H](NC(=O)Nc2cc(C3CCCC3)nn2-c2ccccc2)[C@@H](c2ccccc2)C1. The molecule has 0 spiro atoms. The number of carbonyl (C=O) groups is 1. The Balaban J connectivity index is 1.34. The summed E-state index contributed by atoms with van der Waals surface area (Å²) in [5, 5.41) is 11.3. The van der Waals surface area contributed by atoms with Crippen LogP contribution in [0.1, 0.15) is 48.8 Å². The molecule has 1 aliphatic heterocycles. The molecule has 7 nitrogen and oxygen atoms in total. The van der Waals surface area contributed by atoms with E-state index in [0.717, 1.165) is 43.9 Å². The number of hydrogen-bond donors (Lipinski definition) is 2. The molecule has 7 heteroatoms. The van der Waals surface area contributed by atoms with E-state index in [-0.39, 0.29) is 18.0 Å². The van der Waals surface area contributed by atoms with Crippen molar-refractivity contribution in [1.82, 2.24) is 20.0 Å². The van der Waals surface area contributed by atoms with E-state index < -0.39 is 0 Å². The first-order valence-electron chi connectivity index (χ1n) is 12.7. The van der Waals surface area contributed by atoms with Crippen LogP contribution in [0.2, 0.25) is 0 Å². The van der Waals surface area contributed by atoms with E-state index >= 15 is 0 Å². The maximum absolute atomic E-state index is 13.3. The largest absolute Gasteiger partial charge is 0.383 e. The zero-order valence-corrected chi connectivity index (χ0v) is 20.4. The summed E-state index contributed by atoms with van der Waals surface area (Å²) in [4.78, 5) is 15.6. The topological polar surface area (TPSA) is 71.4 Å². The van der Waals surface area contributed by atoms with Gasteiger partial charge in [-0.3, -0.25) is 10.2 Å². The van der Waals surface area contributed by atoms with E-state index in [4.69, 9.17) is 9.84 Å². The van der Waals surface area contributed by atoms with E-state index in [0.29, 0.717) is 18.3 Å². The van der Waals surface area contributed by atoms with E-state index in [1.165, 1.54) is 18.4 Å². The van der Waals surface area contributed by atoms with Crippen molar-refractivity contribution in [1.29, 1.82) is 0 Å². The molecule has 2 fully saturated rings. The fourth-order valence-corrected chi connectivity index (χ4v) is 5.47. The first-order valence-corrected chi connectivity index (χ1v) is 12.7. The number of ether oxygens (including phenoxy) is 1. The fraction of sp³-hybridized carbons (Fsp3) is 0.429. The number of methoxy groups -OCH3 is 1. The second kappa shape index (κ2) is 11.1. The molecule has 2 aromatic carbocycles. The number of hydrogen-bond acceptors (Lipinski definition) is 4. The van der Waals surface area contributed by atoms with Crippen molar-refractivity contribution < 1.29 is 9.53 Å². The molecule has 2 atom stereocenters. The van der Waals surface area contributed by atoms with Crippen molar-refractivity contribution in [2.24, 2.45) is 0 Å². The number of aromatic nitrogens is 2. The Kier molecular flexibility index (Phi) is 7.45. The summed E-state index contributed by atoms with van der Waals surface area (Å²) in [5.74, 6) is 1.41. The maximum atomic E-state index is 13.3. The van der Waals surface area contributed by atoms with Crippen LogP contribution in [0.3, 0.4) is 0 Å². The van der Waals surface area contributed by atoms with Gasteiger partial charge >= 0.3 is 6.03 Å². The first kappa shape index (κ1) is 23.6. The summed E-state index contributed by atoms with van der Waals surface area (Å²) in [5.41, 5.74) is 3.26. The van der Waals surface area contributed by atoms with E-state index in [9.17, 15) is 4.79 Å². The molecule has 184 valence electrons. The third kappa shape index (κ3) is 5.57. The highest BCUT2D eigenvalue weighted by Gasteiger charge is 2.34. The highest BCUT2D eigenvalue weighted by atomic mass is 16.5. The molecule has 0 radical (unpaired) electrons. The van der Waals surface area contributed by atoms with Crippen molar-refractivity contribution >= 4 is 11.8 Å². The number of urea groups is 1. The minimum atomic E-state index is -0.195. The standard InChI is InChI=1S/C28H35N5O2/c1-35-17-16-32-19-24(21-10-4-2-5-11-21)26(20-32)29-28(34)30-27-18-25(22-12-8-9-13-22)31-33(27)23-14-6-3-7-15-23/h2-7,10-11,14-15,18,22,24,26H,8-9,12-13,16-17,19-20H2,1H3,(H2,29,30,34)/t24-,26+/m1/s1. The lowest BCUT2D eigenvalue weighted by Crippen LogP contribution is -2.42. The average Bonchev–Trinajstić information content (AvgIpc) is 3.64. The van der Waals surface area contributed by atoms with Gasteiger partial charge in [-0.1, -0.05) is 61.4 Å². The van der Waals surface area contributed by atoms with E-state index in [1.807, 2.05) is 41.1 Å². The molecule has 2 N–H and O–H groups in total. The van der Waals surface area contributed by atoms with Gasteiger partial charge in [0.25, 0.3) is 0 Å². The summed E-state index contributed by atoms with van der Waals surface area (Å²) in [7, 11) is 1.73. The van der Waals surface area contributed by atoms with E-state index in [2.05, 4.69) is 45.9 Å². The van der Waals surface area contributed by atoms with Crippen LogP contribution in [0, 0.1) is 0 Å². The second-order valence-electron chi connectivity index (χ2n) is 9.66. The fourth-order valence-electron chi connectivity index (χ4n) is 5.47. The molecule has 0 bridgehead atoms. The maximum Gasteiger partial charge on any atom is 0.320 e. The van der Waals surface area contributed by atoms with E-state index in [1.54, 1.807) is 7.11 Å². The molecular weight excluding hydrogens is 438 g/mol. The molecule has 2 heterocycles. The van der Waals surface area contributed by atoms with Gasteiger partial charge < -0.3 is 10.1 Å². The normalized spacial score (nSPS) is 20.8. The Labute approximate surface area is 207 Å². The Hall–Kier alpha value is -3.16. The van der Waals surface area contributed by atoms with Gasteiger partial charge in [0.15, 0.2) is 0 Å². The van der Waals surface area contributed by atoms with Crippen molar-refractivity contribution in [2.45, 2.75) is 43.6 Å². The Bertz CT molecular complexity index is 1100. The minimum absolute atomic E-state index is 0.0108. The minimum Gasteiger partial charge on any atom is -0.383 e. The number of nitrogens with zero attached hydrogens (tertiary/aromatic N) is 3. The van der Waals surface area contributed by atoms with Crippen molar-refractivity contribution in [3.8, 4) is 5.69 Å². The number of anilines is 1. The Morgan fingerprint density at radius 2 is 1.74 bits per heavy atom. The van der Waals surface area contributed by atoms with Gasteiger partial charge in [-0.05, 0) is 30.5 Å². The highest BCUT2D eigenvalue weighted by Crippen LogP contribution is 2.35. The summed E-state index contributed by atoms with van der Waals surface area (Å²) in [6.45, 7) is 3.22. The molecular formula is C28H35N5O2. The average molecular weight is 474 g/mol. The monoisotopic (exact) mass is 473 g/mol. The number of benzene rings is 2. The number of rotatable bonds is 8. The zero-order valence-electron chi connectivity index (χ0n) is 20.4. The number of para-hydroxylation sites is 1. The quantitative estimate of drug-likeness (QED) is 0.495. The summed E-state index contributed by atoms with van der Waals surface area (Å²) in [6.07, 6.45) is 4.81. The lowest BCUT2D eigenvalue weighted by atomic mass is 9.94. The van der Waals surface area contributed by atoms with Gasteiger partial charge in [0.1, 0.15) is 5.82 Å². The van der Waals surface area contributed by atoms with Crippen LogP contribution in [-0.2, 0) is 4.74 Å². The molecule has 1 saturated heterocycles. The molecule has 2 aliphatic rings. The van der Waals surface area contributed by atoms with Crippen LogP contribution in [0.15, 0.2) is 66.7 Å². The lowest BCUT2D eigenvalue weighted by molar-refractivity contribution is 0.159. The van der Waals surface area contributed by atoms with Gasteiger partial charge in [-0.25, -0.2) is 9.48 Å². The molecule has 3 aromatic rings. The van der Waals surface area contributed by atoms with Gasteiger partial charge in [-0.15, -0.1) is 0 Å². The van der Waals surface area contributed by atoms with Crippen LogP contribution < -0.4 is 10.6 Å². The second-order valence-corrected chi connectivity index (χ2v) is 9.66. The van der Waals surface area contributed by atoms with Crippen LogP contribution in [0.5, 0.6) is 0 Å². The van der Waals surface area contributed by atoms with Crippen molar-refractivity contribution in [2.75, 3.05) is 38.7 Å². The van der Waals surface area contributed by atoms with Gasteiger partial charge in [0.2, 0.25) is 0 Å². The molecule has 5 rings (SSSR count). The van der Waals surface area contributed by atoms with Crippen molar-refractivity contribution in [3.63, 3.8) is 0 Å². The highest BCUT2D eigenvalue weighted by molar-refractivity contribution is 5.89. The molecule has 1 aromatic heterocycles. The third-order valence-electron chi connectivity index (χ3n) is 7.30. The van der Waals surface area contributed by atoms with Gasteiger partial charge in [0.05, 0.1) is 24.0 Å². The van der Waals surface area contributed by atoms with Crippen LogP contribution >= 0.6 is 0 Å². The van der Waals surface area contributed by atoms with Crippen LogP contribution in [0.4, 0.5) is 10.6 Å². The third-order valence-corrected chi connectivity index (χ3v) is 7.30. The lowest BCUT2D eigenvalue weighted by Gasteiger charge is -2.20. The first-order chi connectivity index (χ1) is 17.2. The van der Waals surface area contributed by atoms with Crippen LogP contribution in [-0.4, -0.2) is 60.1 Å². The number of nitrogens with one attached hydrogen (secondary N) is 2. The number of amides is 2. The van der Waals surface area contributed by atoms with Crippen molar-refractivity contribution in [3.05, 3.63) is 78.0 Å². The van der Waals surface area contributed by atoms with Crippen LogP contribution in [0.25, 0.3) is 5.69 Å². The predicted octanol–water partition coefficient (Wildman–Crippen LogP) is 4.77. The molecule has 1 aliphatic carbocycles. The van der Waals surface area contributed by atoms with Gasteiger partial charge in [0, 0.05) is 44.6 Å². The summed E-state index contributed by atoms with van der Waals surface area (Å²) >= 11 is 0.